The number of alkyl halides is 2. The van der Waals surface area contributed by atoms with Crippen molar-refractivity contribution in [3.05, 3.63) is 11.1 Å². The highest BCUT2D eigenvalue weighted by Crippen LogP contribution is 2.76. The van der Waals surface area contributed by atoms with E-state index in [4.69, 9.17) is 0 Å². The van der Waals surface area contributed by atoms with Gasteiger partial charge in [-0.1, -0.05) is 54.9 Å². The second-order valence-corrected chi connectivity index (χ2v) is 18.2. The van der Waals surface area contributed by atoms with E-state index in [1.54, 1.807) is 0 Å². The van der Waals surface area contributed by atoms with E-state index in [1.165, 1.54) is 45.4 Å². The summed E-state index contributed by atoms with van der Waals surface area (Å²) in [6.45, 7) is 18.8. The Morgan fingerprint density at radius 1 is 0.872 bits per heavy atom. The smallest absolute Gasteiger partial charge is 0.352 e. The highest BCUT2D eigenvalue weighted by atomic mass is 19.3. The number of Topliss-reactive ketones (excluding diaryl/α,β-unsaturated/α-hetero) is 1. The molecular weight excluding hydrogens is 600 g/mol. The largest absolute Gasteiger partial charge is 0.356 e. The Morgan fingerprint density at radius 3 is 2.13 bits per heavy atom. The number of allylic oxidation sites excluding steroid dienone is 1. The number of fused-ring (bicyclic) bond motifs is 7. The van der Waals surface area contributed by atoms with Crippen LogP contribution in [0.3, 0.4) is 0 Å². The Balaban J connectivity index is 0.000000281. The number of rotatable bonds is 4. The fourth-order valence-electron chi connectivity index (χ4n) is 12.6. The second-order valence-electron chi connectivity index (χ2n) is 18.2. The van der Waals surface area contributed by atoms with Crippen LogP contribution in [0.2, 0.25) is 0 Å². The molecule has 0 spiro atoms. The van der Waals surface area contributed by atoms with Crippen LogP contribution in [-0.2, 0) is 19.3 Å². The summed E-state index contributed by atoms with van der Waals surface area (Å²) in [5, 5.41) is 12.1. The number of amides is 1. The van der Waals surface area contributed by atoms with Gasteiger partial charge in [-0.15, -0.1) is 0 Å². The van der Waals surface area contributed by atoms with E-state index in [0.29, 0.717) is 42.6 Å². The van der Waals surface area contributed by atoms with Crippen LogP contribution in [-0.4, -0.2) is 35.4 Å². The fourth-order valence-corrected chi connectivity index (χ4v) is 12.6. The van der Waals surface area contributed by atoms with Gasteiger partial charge in [-0.3, -0.25) is 9.59 Å². The highest BCUT2D eigenvalue weighted by Gasteiger charge is 2.70. The molecule has 0 unspecified atom stereocenters. The standard InChI is InChI=1S/C30H46O4.C9H15F2NO/c1-18(2)23-20(31)17-30(25(32)34-33)16-15-28(6)19(24(23)30)9-10-22-27(5)13-8-12-26(3,4)21(27)11-14-29(22,28)7;1-7(13)12-6-8-2-4-9(10,11)5-3-8/h18-19,21-22,33H,8-17H2,1-7H3;8H,2-6H2,1H3,(H,12,13)/t19-,21+,22-,27+,28-,29-,30-;/m1./s1. The van der Waals surface area contributed by atoms with E-state index >= 15 is 0 Å². The molecule has 5 saturated carbocycles. The molecule has 6 aliphatic carbocycles. The Bertz CT molecular complexity index is 1280. The van der Waals surface area contributed by atoms with Crippen LogP contribution in [0, 0.1) is 56.7 Å². The van der Waals surface area contributed by atoms with Crippen LogP contribution in [0.15, 0.2) is 11.1 Å². The maximum Gasteiger partial charge on any atom is 0.352 e. The Labute approximate surface area is 281 Å². The lowest BCUT2D eigenvalue weighted by molar-refractivity contribution is -0.250. The zero-order valence-corrected chi connectivity index (χ0v) is 30.3. The van der Waals surface area contributed by atoms with Gasteiger partial charge in [0.25, 0.3) is 0 Å². The lowest BCUT2D eigenvalue weighted by Gasteiger charge is -2.71. The van der Waals surface area contributed by atoms with Gasteiger partial charge in [0.1, 0.15) is 5.41 Å². The van der Waals surface area contributed by atoms with Gasteiger partial charge in [0.2, 0.25) is 11.8 Å². The molecule has 0 aromatic rings. The molecule has 6 aliphatic rings. The van der Waals surface area contributed by atoms with Gasteiger partial charge in [-0.25, -0.2) is 13.6 Å². The summed E-state index contributed by atoms with van der Waals surface area (Å²) in [6, 6.07) is 0. The minimum atomic E-state index is -2.47. The Kier molecular flexibility index (Phi) is 9.69. The zero-order chi connectivity index (χ0) is 34.8. The molecular formula is C39H61F2NO5. The molecule has 6 rings (SSSR count). The molecule has 0 aliphatic heterocycles. The molecule has 2 N–H and O–H groups in total. The number of nitrogens with one attached hydrogen (secondary N) is 1. The van der Waals surface area contributed by atoms with Crippen LogP contribution in [0.1, 0.15) is 145 Å². The van der Waals surface area contributed by atoms with Gasteiger partial charge in [-0.2, -0.15) is 5.26 Å². The van der Waals surface area contributed by atoms with Crippen molar-refractivity contribution in [1.82, 2.24) is 5.32 Å². The fraction of sp³-hybridized carbons (Fsp3) is 0.872. The van der Waals surface area contributed by atoms with Crippen LogP contribution < -0.4 is 5.32 Å². The first-order valence-corrected chi connectivity index (χ1v) is 18.5. The minimum absolute atomic E-state index is 0.0305. The number of hydrogen-bond donors (Lipinski definition) is 2. The van der Waals surface area contributed by atoms with Crippen LogP contribution in [0.4, 0.5) is 8.78 Å². The molecule has 0 aromatic heterocycles. The molecule has 0 radical (unpaired) electrons. The third-order valence-electron chi connectivity index (χ3n) is 15.1. The first-order valence-electron chi connectivity index (χ1n) is 18.5. The average Bonchev–Trinajstić information content (AvgIpc) is 3.29. The number of hydrogen-bond acceptors (Lipinski definition) is 5. The Hall–Kier alpha value is -1.83. The molecule has 7 atom stereocenters. The molecule has 47 heavy (non-hydrogen) atoms. The summed E-state index contributed by atoms with van der Waals surface area (Å²) < 4.78 is 25.4. The van der Waals surface area contributed by atoms with Gasteiger partial charge < -0.3 is 10.2 Å². The maximum atomic E-state index is 13.3. The lowest BCUT2D eigenvalue weighted by Crippen LogP contribution is -2.64. The molecule has 1 amide bonds. The third-order valence-corrected chi connectivity index (χ3v) is 15.1. The summed E-state index contributed by atoms with van der Waals surface area (Å²) in [5.74, 6) is -1.08. The van der Waals surface area contributed by atoms with Crippen molar-refractivity contribution in [3.8, 4) is 0 Å². The van der Waals surface area contributed by atoms with Crippen LogP contribution >= 0.6 is 0 Å². The second kappa shape index (κ2) is 12.5. The normalized spacial score (nSPS) is 40.7. The highest BCUT2D eigenvalue weighted by molar-refractivity contribution is 6.05. The van der Waals surface area contributed by atoms with Crippen molar-refractivity contribution in [2.45, 2.75) is 151 Å². The van der Waals surface area contributed by atoms with Crippen molar-refractivity contribution in [3.63, 3.8) is 0 Å². The summed E-state index contributed by atoms with van der Waals surface area (Å²) in [7, 11) is 0. The maximum absolute atomic E-state index is 13.3. The monoisotopic (exact) mass is 661 g/mol. The van der Waals surface area contributed by atoms with Gasteiger partial charge in [0.05, 0.1) is 0 Å². The topological polar surface area (TPSA) is 92.7 Å². The molecule has 6 nitrogen and oxygen atoms in total. The SMILES string of the molecule is CC(=O)NCC1CCC(F)(F)CC1.CC(C)C1=C2[C@H]3CC[C@@H]4[C@@]5(C)CCCC(C)(C)[C@@H]5CC[C@@]4(C)[C@]3(C)CC[C@@]2(C(=O)OO)CC1=O. The van der Waals surface area contributed by atoms with Gasteiger partial charge in [0, 0.05) is 32.7 Å². The van der Waals surface area contributed by atoms with E-state index in [0.717, 1.165) is 29.9 Å². The Morgan fingerprint density at radius 2 is 1.53 bits per heavy atom. The first-order chi connectivity index (χ1) is 21.8. The summed E-state index contributed by atoms with van der Waals surface area (Å²) in [4.78, 5) is 41.3. The van der Waals surface area contributed by atoms with E-state index in [2.05, 4.69) is 58.7 Å². The number of halogens is 2. The van der Waals surface area contributed by atoms with Crippen molar-refractivity contribution in [2.24, 2.45) is 56.7 Å². The molecule has 5 fully saturated rings. The number of carbonyl (C=O) groups excluding carboxylic acids is 3. The van der Waals surface area contributed by atoms with Crippen molar-refractivity contribution in [2.75, 3.05) is 6.54 Å². The average molecular weight is 662 g/mol. The summed E-state index contributed by atoms with van der Waals surface area (Å²) in [6.07, 6.45) is 11.4. The molecule has 0 bridgehead atoms. The molecule has 0 aromatic carbocycles. The lowest BCUT2D eigenvalue weighted by atomic mass is 9.33. The van der Waals surface area contributed by atoms with Gasteiger partial charge >= 0.3 is 5.97 Å². The van der Waals surface area contributed by atoms with Crippen molar-refractivity contribution >= 4 is 17.7 Å². The number of carbonyl (C=O) groups is 3. The van der Waals surface area contributed by atoms with E-state index in [1.807, 2.05) is 0 Å². The summed E-state index contributed by atoms with van der Waals surface area (Å²) >= 11 is 0. The molecule has 266 valence electrons. The predicted molar refractivity (Wildman–Crippen MR) is 178 cm³/mol. The quantitative estimate of drug-likeness (QED) is 0.231. The first kappa shape index (κ1) is 36.5. The van der Waals surface area contributed by atoms with Crippen molar-refractivity contribution in [1.29, 1.82) is 0 Å². The summed E-state index contributed by atoms with van der Waals surface area (Å²) in [5.41, 5.74) is 1.96. The van der Waals surface area contributed by atoms with Crippen molar-refractivity contribution < 1.29 is 33.3 Å². The van der Waals surface area contributed by atoms with Gasteiger partial charge in [0.15, 0.2) is 5.78 Å². The van der Waals surface area contributed by atoms with Crippen LogP contribution in [0.5, 0.6) is 0 Å². The predicted octanol–water partition coefficient (Wildman–Crippen LogP) is 9.32. The zero-order valence-electron chi connectivity index (χ0n) is 30.3. The number of ketones is 1. The van der Waals surface area contributed by atoms with E-state index < -0.39 is 17.3 Å². The van der Waals surface area contributed by atoms with Gasteiger partial charge in [-0.05, 0) is 127 Å². The molecule has 0 heterocycles. The third kappa shape index (κ3) is 5.92. The minimum Gasteiger partial charge on any atom is -0.356 e. The van der Waals surface area contributed by atoms with Crippen LogP contribution in [0.25, 0.3) is 0 Å². The molecule has 0 saturated heterocycles. The van der Waals surface area contributed by atoms with E-state index in [-0.39, 0.29) is 59.5 Å². The molecule has 8 heteroatoms. The van der Waals surface area contributed by atoms with E-state index in [9.17, 15) is 28.4 Å².